The summed E-state index contributed by atoms with van der Waals surface area (Å²) in [6, 6.07) is 1.48. The van der Waals surface area contributed by atoms with Crippen LogP contribution in [-0.2, 0) is 4.74 Å². The normalized spacial score (nSPS) is 10.3. The molecule has 6 heteroatoms. The number of ether oxygens (including phenoxy) is 1. The molecular weight excluding hydrogens is 244 g/mol. The van der Waals surface area contributed by atoms with Crippen molar-refractivity contribution in [3.8, 4) is 0 Å². The van der Waals surface area contributed by atoms with Crippen LogP contribution in [0.3, 0.4) is 0 Å². The number of pyridine rings is 1. The number of aromatic carboxylic acids is 1. The van der Waals surface area contributed by atoms with Crippen molar-refractivity contribution >= 4 is 23.4 Å². The van der Waals surface area contributed by atoms with Crippen LogP contribution in [0, 0.1) is 0 Å². The van der Waals surface area contributed by atoms with Crippen LogP contribution in [-0.4, -0.2) is 42.9 Å². The number of halogens is 1. The smallest absolute Gasteiger partial charge is 0.337 e. The van der Waals surface area contributed by atoms with Gasteiger partial charge in [0.1, 0.15) is 5.82 Å². The molecule has 0 aliphatic carbocycles. The first kappa shape index (κ1) is 13.7. The highest BCUT2D eigenvalue weighted by Gasteiger charge is 2.13. The molecule has 0 bridgehead atoms. The highest BCUT2D eigenvalue weighted by molar-refractivity contribution is 6.33. The minimum absolute atomic E-state index is 0.0625. The van der Waals surface area contributed by atoms with Crippen molar-refractivity contribution in [3.05, 3.63) is 22.8 Å². The maximum Gasteiger partial charge on any atom is 0.337 e. The Morgan fingerprint density at radius 1 is 1.65 bits per heavy atom. The van der Waals surface area contributed by atoms with Crippen LogP contribution in [0.4, 0.5) is 5.82 Å². The number of methoxy groups -OCH3 is 1. The van der Waals surface area contributed by atoms with Crippen LogP contribution < -0.4 is 4.90 Å². The summed E-state index contributed by atoms with van der Waals surface area (Å²) in [5.74, 6) is -0.465. The van der Waals surface area contributed by atoms with E-state index in [0.29, 0.717) is 19.0 Å². The SMILES string of the molecule is CCN(CCOC)c1cc(C(=O)O)c(Cl)cn1. The van der Waals surface area contributed by atoms with E-state index < -0.39 is 5.97 Å². The summed E-state index contributed by atoms with van der Waals surface area (Å²) in [5.41, 5.74) is 0.0625. The first-order valence-corrected chi connectivity index (χ1v) is 5.60. The Morgan fingerprint density at radius 2 is 2.35 bits per heavy atom. The van der Waals surface area contributed by atoms with E-state index in [1.54, 1.807) is 7.11 Å². The minimum atomic E-state index is -1.05. The van der Waals surface area contributed by atoms with Crippen molar-refractivity contribution in [2.24, 2.45) is 0 Å². The molecule has 1 rings (SSSR count). The maximum absolute atomic E-state index is 10.9. The Bertz CT molecular complexity index is 398. The number of hydrogen-bond donors (Lipinski definition) is 1. The van der Waals surface area contributed by atoms with Gasteiger partial charge in [0.05, 0.1) is 17.2 Å². The van der Waals surface area contributed by atoms with E-state index in [1.165, 1.54) is 12.3 Å². The van der Waals surface area contributed by atoms with Gasteiger partial charge in [-0.1, -0.05) is 11.6 Å². The number of carbonyl (C=O) groups is 1. The molecule has 0 amide bonds. The van der Waals surface area contributed by atoms with Gasteiger partial charge in [-0.2, -0.15) is 0 Å². The largest absolute Gasteiger partial charge is 0.478 e. The number of likely N-dealkylation sites (N-methyl/N-ethyl adjacent to an activating group) is 1. The zero-order valence-electron chi connectivity index (χ0n) is 9.81. The van der Waals surface area contributed by atoms with Crippen molar-refractivity contribution in [1.82, 2.24) is 4.98 Å². The predicted molar refractivity (Wildman–Crippen MR) is 66.0 cm³/mol. The lowest BCUT2D eigenvalue weighted by Gasteiger charge is -2.21. The molecule has 1 aromatic heterocycles. The third kappa shape index (κ3) is 3.57. The molecule has 0 aromatic carbocycles. The van der Waals surface area contributed by atoms with Crippen LogP contribution in [0.1, 0.15) is 17.3 Å². The standard InChI is InChI=1S/C11H15ClN2O3/c1-3-14(4-5-17-2)10-6-8(11(15)16)9(12)7-13-10/h6-7H,3-5H2,1-2H3,(H,15,16). The zero-order valence-corrected chi connectivity index (χ0v) is 10.6. The van der Waals surface area contributed by atoms with Gasteiger partial charge in [0.15, 0.2) is 0 Å². The Balaban J connectivity index is 2.96. The molecule has 0 saturated heterocycles. The van der Waals surface area contributed by atoms with Crippen molar-refractivity contribution in [3.63, 3.8) is 0 Å². The van der Waals surface area contributed by atoms with Gasteiger partial charge in [-0.25, -0.2) is 9.78 Å². The third-order valence-electron chi connectivity index (χ3n) is 2.34. The lowest BCUT2D eigenvalue weighted by Crippen LogP contribution is -2.27. The van der Waals surface area contributed by atoms with E-state index in [-0.39, 0.29) is 10.6 Å². The highest BCUT2D eigenvalue weighted by Crippen LogP contribution is 2.20. The van der Waals surface area contributed by atoms with Crippen LogP contribution in [0.5, 0.6) is 0 Å². The fourth-order valence-electron chi connectivity index (χ4n) is 1.40. The van der Waals surface area contributed by atoms with E-state index in [2.05, 4.69) is 4.98 Å². The summed E-state index contributed by atoms with van der Waals surface area (Å²) in [6.07, 6.45) is 1.36. The first-order valence-electron chi connectivity index (χ1n) is 5.22. The lowest BCUT2D eigenvalue weighted by molar-refractivity contribution is 0.0697. The third-order valence-corrected chi connectivity index (χ3v) is 2.64. The van der Waals surface area contributed by atoms with Gasteiger partial charge in [0.25, 0.3) is 0 Å². The summed E-state index contributed by atoms with van der Waals surface area (Å²) in [7, 11) is 1.62. The summed E-state index contributed by atoms with van der Waals surface area (Å²) in [4.78, 5) is 17.0. The maximum atomic E-state index is 10.9. The molecule has 0 aliphatic heterocycles. The molecule has 0 radical (unpaired) electrons. The lowest BCUT2D eigenvalue weighted by atomic mass is 10.2. The second kappa shape index (κ2) is 6.42. The van der Waals surface area contributed by atoms with Crippen molar-refractivity contribution in [2.75, 3.05) is 31.7 Å². The van der Waals surface area contributed by atoms with E-state index >= 15 is 0 Å². The molecule has 1 N–H and O–H groups in total. The van der Waals surface area contributed by atoms with Gasteiger partial charge in [-0.15, -0.1) is 0 Å². The molecule has 0 spiro atoms. The summed E-state index contributed by atoms with van der Waals surface area (Å²) >= 11 is 5.76. The average molecular weight is 259 g/mol. The van der Waals surface area contributed by atoms with E-state index in [4.69, 9.17) is 21.4 Å². The Labute approximate surface area is 105 Å². The molecule has 0 aliphatic rings. The molecule has 1 heterocycles. The van der Waals surface area contributed by atoms with E-state index in [0.717, 1.165) is 6.54 Å². The number of rotatable bonds is 6. The Morgan fingerprint density at radius 3 is 2.88 bits per heavy atom. The minimum Gasteiger partial charge on any atom is -0.478 e. The molecule has 5 nitrogen and oxygen atoms in total. The second-order valence-corrected chi connectivity index (χ2v) is 3.81. The van der Waals surface area contributed by atoms with Crippen LogP contribution in [0.2, 0.25) is 5.02 Å². The van der Waals surface area contributed by atoms with E-state index in [1.807, 2.05) is 11.8 Å². The molecule has 0 unspecified atom stereocenters. The molecule has 0 atom stereocenters. The van der Waals surface area contributed by atoms with Crippen molar-refractivity contribution in [2.45, 2.75) is 6.92 Å². The van der Waals surface area contributed by atoms with Crippen LogP contribution in [0.15, 0.2) is 12.3 Å². The molecular formula is C11H15ClN2O3. The molecule has 17 heavy (non-hydrogen) atoms. The molecule has 94 valence electrons. The van der Waals surface area contributed by atoms with Gasteiger partial charge in [-0.05, 0) is 13.0 Å². The number of anilines is 1. The average Bonchev–Trinajstić information content (AvgIpc) is 2.31. The fraction of sp³-hybridized carbons (Fsp3) is 0.455. The predicted octanol–water partition coefficient (Wildman–Crippen LogP) is 1.91. The monoisotopic (exact) mass is 258 g/mol. The molecule has 1 aromatic rings. The summed E-state index contributed by atoms with van der Waals surface area (Å²) in [5, 5.41) is 9.11. The first-order chi connectivity index (χ1) is 8.10. The second-order valence-electron chi connectivity index (χ2n) is 3.40. The van der Waals surface area contributed by atoms with E-state index in [9.17, 15) is 4.79 Å². The fourth-order valence-corrected chi connectivity index (χ4v) is 1.58. The highest BCUT2D eigenvalue weighted by atomic mass is 35.5. The number of aromatic nitrogens is 1. The number of hydrogen-bond acceptors (Lipinski definition) is 4. The van der Waals surface area contributed by atoms with Crippen molar-refractivity contribution in [1.29, 1.82) is 0 Å². The number of nitrogens with zero attached hydrogens (tertiary/aromatic N) is 2. The topological polar surface area (TPSA) is 62.7 Å². The number of carboxylic acids is 1. The Kier molecular flexibility index (Phi) is 5.18. The molecule has 0 fully saturated rings. The van der Waals surface area contributed by atoms with Gasteiger partial charge < -0.3 is 14.7 Å². The summed E-state index contributed by atoms with van der Waals surface area (Å²) < 4.78 is 4.99. The van der Waals surface area contributed by atoms with Gasteiger partial charge in [0.2, 0.25) is 0 Å². The zero-order chi connectivity index (χ0) is 12.8. The molecule has 0 saturated carbocycles. The van der Waals surface area contributed by atoms with Crippen LogP contribution >= 0.6 is 11.6 Å². The van der Waals surface area contributed by atoms with Crippen molar-refractivity contribution < 1.29 is 14.6 Å². The number of carboxylic acid groups (broad SMARTS) is 1. The summed E-state index contributed by atoms with van der Waals surface area (Å²) in [6.45, 7) is 3.89. The van der Waals surface area contributed by atoms with Gasteiger partial charge in [-0.3, -0.25) is 0 Å². The quantitative estimate of drug-likeness (QED) is 0.844. The Hall–Kier alpha value is -1.33. The van der Waals surface area contributed by atoms with Gasteiger partial charge >= 0.3 is 5.97 Å². The van der Waals surface area contributed by atoms with Crippen LogP contribution in [0.25, 0.3) is 0 Å². The van der Waals surface area contributed by atoms with Gasteiger partial charge in [0, 0.05) is 26.4 Å².